The van der Waals surface area contributed by atoms with E-state index in [-0.39, 0.29) is 6.42 Å². The van der Waals surface area contributed by atoms with Gasteiger partial charge in [0.05, 0.1) is 6.42 Å². The van der Waals surface area contributed by atoms with Crippen molar-refractivity contribution >= 4 is 17.8 Å². The lowest BCUT2D eigenvalue weighted by Crippen LogP contribution is -2.36. The van der Waals surface area contributed by atoms with Gasteiger partial charge in [0.15, 0.2) is 6.10 Å². The molecule has 0 saturated carbocycles. The zero-order valence-corrected chi connectivity index (χ0v) is 6.57. The van der Waals surface area contributed by atoms with Gasteiger partial charge in [-0.1, -0.05) is 0 Å². The third-order valence-corrected chi connectivity index (χ3v) is 1.01. The lowest BCUT2D eigenvalue weighted by molar-refractivity contribution is -0.154. The second-order valence-corrected chi connectivity index (χ2v) is 2.17. The fourth-order valence-electron chi connectivity index (χ4n) is 0.583. The van der Waals surface area contributed by atoms with Crippen molar-refractivity contribution in [2.45, 2.75) is 19.4 Å². The van der Waals surface area contributed by atoms with E-state index in [1.165, 1.54) is 0 Å². The van der Waals surface area contributed by atoms with Gasteiger partial charge in [-0.25, -0.2) is 0 Å². The van der Waals surface area contributed by atoms with E-state index < -0.39 is 23.9 Å². The molecule has 0 aliphatic rings. The smallest absolute Gasteiger partial charge is 0.303 e. The predicted octanol–water partition coefficient (Wildman–Crippen LogP) is -1.72. The van der Waals surface area contributed by atoms with Gasteiger partial charge in [0.2, 0.25) is 5.91 Å². The molecule has 4 N–H and O–H groups in total. The van der Waals surface area contributed by atoms with Gasteiger partial charge in [-0.15, -0.1) is 0 Å². The lowest BCUT2D eigenvalue weighted by Gasteiger charge is -2.10. The number of ether oxygens (including phenoxy) is 1. The molecule has 2 amide bonds. The van der Waals surface area contributed by atoms with Crippen LogP contribution in [0, 0.1) is 0 Å². The van der Waals surface area contributed by atoms with Crippen molar-refractivity contribution in [3.63, 3.8) is 0 Å². The summed E-state index contributed by atoms with van der Waals surface area (Å²) in [7, 11) is 0. The highest BCUT2D eigenvalue weighted by Crippen LogP contribution is 1.97. The third kappa shape index (κ3) is 4.26. The maximum absolute atomic E-state index is 10.5. The fourth-order valence-corrected chi connectivity index (χ4v) is 0.583. The number of hydrogen-bond acceptors (Lipinski definition) is 4. The molecule has 0 spiro atoms. The van der Waals surface area contributed by atoms with Crippen LogP contribution in [-0.2, 0) is 19.1 Å². The molecule has 0 radical (unpaired) electrons. The normalized spacial score (nSPS) is 11.8. The van der Waals surface area contributed by atoms with Crippen LogP contribution < -0.4 is 11.5 Å². The summed E-state index contributed by atoms with van der Waals surface area (Å²) in [4.78, 5) is 31.2. The van der Waals surface area contributed by atoms with E-state index in [9.17, 15) is 14.4 Å². The third-order valence-electron chi connectivity index (χ3n) is 1.01. The van der Waals surface area contributed by atoms with E-state index in [0.29, 0.717) is 0 Å². The summed E-state index contributed by atoms with van der Waals surface area (Å²) in [6.07, 6.45) is -1.63. The molecular formula is C6H10N2O4. The van der Waals surface area contributed by atoms with Crippen LogP contribution in [0.25, 0.3) is 0 Å². The van der Waals surface area contributed by atoms with Gasteiger partial charge in [0, 0.05) is 6.92 Å². The van der Waals surface area contributed by atoms with Gasteiger partial charge in [0.1, 0.15) is 0 Å². The van der Waals surface area contributed by atoms with Gasteiger partial charge in [-0.05, 0) is 0 Å². The van der Waals surface area contributed by atoms with Crippen molar-refractivity contribution < 1.29 is 19.1 Å². The maximum Gasteiger partial charge on any atom is 0.303 e. The molecule has 0 aromatic heterocycles. The van der Waals surface area contributed by atoms with Gasteiger partial charge in [-0.2, -0.15) is 0 Å². The molecule has 6 nitrogen and oxygen atoms in total. The predicted molar refractivity (Wildman–Crippen MR) is 38.6 cm³/mol. The average Bonchev–Trinajstić information content (AvgIpc) is 1.83. The lowest BCUT2D eigenvalue weighted by atomic mass is 10.2. The van der Waals surface area contributed by atoms with Crippen molar-refractivity contribution in [2.75, 3.05) is 0 Å². The Kier molecular flexibility index (Phi) is 3.75. The van der Waals surface area contributed by atoms with E-state index in [1.54, 1.807) is 0 Å². The zero-order chi connectivity index (χ0) is 9.72. The quantitative estimate of drug-likeness (QED) is 0.493. The van der Waals surface area contributed by atoms with E-state index in [1.807, 2.05) is 0 Å². The van der Waals surface area contributed by atoms with Gasteiger partial charge in [-0.3, -0.25) is 14.4 Å². The van der Waals surface area contributed by atoms with E-state index in [0.717, 1.165) is 6.92 Å². The summed E-state index contributed by atoms with van der Waals surface area (Å²) in [6, 6.07) is 0. The second kappa shape index (κ2) is 4.32. The minimum atomic E-state index is -1.25. The Labute approximate surface area is 68.8 Å². The molecule has 68 valence electrons. The largest absolute Gasteiger partial charge is 0.452 e. The Bertz CT molecular complexity index is 198. The highest BCUT2D eigenvalue weighted by molar-refractivity contribution is 5.87. The Morgan fingerprint density at radius 3 is 2.08 bits per heavy atom. The minimum absolute atomic E-state index is 0.380. The summed E-state index contributed by atoms with van der Waals surface area (Å²) in [6.45, 7) is 1.11. The van der Waals surface area contributed by atoms with E-state index in [4.69, 9.17) is 11.5 Å². The molecular weight excluding hydrogens is 164 g/mol. The molecule has 0 aromatic rings. The SMILES string of the molecule is CC(=O)OC(CC(N)=O)C(N)=O. The number of nitrogens with two attached hydrogens (primary N) is 2. The number of hydrogen-bond donors (Lipinski definition) is 2. The minimum Gasteiger partial charge on any atom is -0.452 e. The first-order chi connectivity index (χ1) is 5.43. The van der Waals surface area contributed by atoms with Crippen LogP contribution >= 0.6 is 0 Å². The van der Waals surface area contributed by atoms with Crippen LogP contribution in [0.3, 0.4) is 0 Å². The molecule has 12 heavy (non-hydrogen) atoms. The summed E-state index contributed by atoms with van der Waals surface area (Å²) in [5, 5.41) is 0. The van der Waals surface area contributed by atoms with Crippen molar-refractivity contribution in [1.82, 2.24) is 0 Å². The van der Waals surface area contributed by atoms with Crippen LogP contribution in [0.4, 0.5) is 0 Å². The Morgan fingerprint density at radius 1 is 1.33 bits per heavy atom. The number of esters is 1. The van der Waals surface area contributed by atoms with Crippen LogP contribution in [0.5, 0.6) is 0 Å². The molecule has 1 unspecified atom stereocenters. The molecule has 0 aromatic carbocycles. The highest BCUT2D eigenvalue weighted by atomic mass is 16.5. The summed E-state index contributed by atoms with van der Waals surface area (Å²) < 4.78 is 4.41. The van der Waals surface area contributed by atoms with Gasteiger partial charge in [0.25, 0.3) is 5.91 Å². The average molecular weight is 174 g/mol. The summed E-state index contributed by atoms with van der Waals surface area (Å²) in [5.41, 5.74) is 9.58. The first-order valence-corrected chi connectivity index (χ1v) is 3.18. The molecule has 0 rings (SSSR count). The highest BCUT2D eigenvalue weighted by Gasteiger charge is 2.20. The molecule has 0 aliphatic heterocycles. The van der Waals surface area contributed by atoms with Crippen molar-refractivity contribution in [1.29, 1.82) is 0 Å². The first kappa shape index (κ1) is 10.4. The second-order valence-electron chi connectivity index (χ2n) is 2.17. The number of carbonyl (C=O) groups is 3. The van der Waals surface area contributed by atoms with Crippen LogP contribution in [0.15, 0.2) is 0 Å². The zero-order valence-electron chi connectivity index (χ0n) is 6.57. The summed E-state index contributed by atoms with van der Waals surface area (Å²) >= 11 is 0. The maximum atomic E-state index is 10.5. The number of amides is 2. The topological polar surface area (TPSA) is 112 Å². The molecule has 0 heterocycles. The first-order valence-electron chi connectivity index (χ1n) is 3.18. The van der Waals surface area contributed by atoms with Gasteiger partial charge < -0.3 is 16.2 Å². The van der Waals surface area contributed by atoms with E-state index in [2.05, 4.69) is 4.74 Å². The Balaban J connectivity index is 4.14. The molecule has 0 saturated heterocycles. The van der Waals surface area contributed by atoms with E-state index >= 15 is 0 Å². The molecule has 0 bridgehead atoms. The van der Waals surface area contributed by atoms with Crippen molar-refractivity contribution in [2.24, 2.45) is 11.5 Å². The van der Waals surface area contributed by atoms with Gasteiger partial charge >= 0.3 is 5.97 Å². The van der Waals surface area contributed by atoms with Crippen LogP contribution in [0.2, 0.25) is 0 Å². The number of carbonyl (C=O) groups excluding carboxylic acids is 3. The molecule has 1 atom stereocenters. The number of rotatable bonds is 4. The van der Waals surface area contributed by atoms with Crippen molar-refractivity contribution in [3.8, 4) is 0 Å². The molecule has 6 heteroatoms. The Morgan fingerprint density at radius 2 is 1.83 bits per heavy atom. The molecule has 0 aliphatic carbocycles. The van der Waals surface area contributed by atoms with Crippen LogP contribution in [-0.4, -0.2) is 23.9 Å². The van der Waals surface area contributed by atoms with Crippen molar-refractivity contribution in [3.05, 3.63) is 0 Å². The van der Waals surface area contributed by atoms with Crippen LogP contribution in [0.1, 0.15) is 13.3 Å². The summed E-state index contributed by atoms with van der Waals surface area (Å²) in [5.74, 6) is -2.32. The Hall–Kier alpha value is -1.59. The molecule has 0 fully saturated rings. The fraction of sp³-hybridized carbons (Fsp3) is 0.500. The number of primary amides is 2. The monoisotopic (exact) mass is 174 g/mol. The standard InChI is InChI=1S/C6H10N2O4/c1-3(9)12-4(6(8)11)2-5(7)10/h4H,2H2,1H3,(H2,7,10)(H2,8,11).